The van der Waals surface area contributed by atoms with Crippen molar-refractivity contribution in [1.29, 1.82) is 0 Å². The predicted molar refractivity (Wildman–Crippen MR) is 153 cm³/mol. The molecule has 0 aliphatic carbocycles. The first-order valence-corrected chi connectivity index (χ1v) is 13.7. The third kappa shape index (κ3) is 4.57. The molecule has 1 saturated heterocycles. The van der Waals surface area contributed by atoms with Gasteiger partial charge in [0.2, 0.25) is 0 Å². The fourth-order valence-electron chi connectivity index (χ4n) is 4.97. The van der Waals surface area contributed by atoms with E-state index in [9.17, 15) is 14.7 Å². The predicted octanol–water partition coefficient (Wildman–Crippen LogP) is 5.11. The number of anilines is 1. The highest BCUT2D eigenvalue weighted by Gasteiger charge is 2.48. The van der Waals surface area contributed by atoms with Gasteiger partial charge in [-0.2, -0.15) is 0 Å². The smallest absolute Gasteiger partial charge is 0.301 e. The molecule has 10 nitrogen and oxygen atoms in total. The van der Waals surface area contributed by atoms with Gasteiger partial charge in [-0.15, -0.1) is 0 Å². The van der Waals surface area contributed by atoms with Crippen LogP contribution in [0.25, 0.3) is 16.0 Å². The van der Waals surface area contributed by atoms with Gasteiger partial charge in [-0.1, -0.05) is 17.4 Å². The standard InChI is InChI=1S/C30H26N2O8S/c1-4-38-18-7-8-19-24(15-18)41-30(31-19)32-26(16-5-9-20(36-2)22(13-16)37-3)25(28(34)29(32)35)27(33)17-6-10-21-23(14-17)40-12-11-39-21/h5-10,13-15,26,33H,4,11-12H2,1-3H3/t26-/m1/s1. The van der Waals surface area contributed by atoms with Crippen LogP contribution in [0, 0.1) is 0 Å². The third-order valence-corrected chi connectivity index (χ3v) is 7.87. The summed E-state index contributed by atoms with van der Waals surface area (Å²) in [5.41, 5.74) is 1.39. The van der Waals surface area contributed by atoms with Crippen LogP contribution < -0.4 is 28.6 Å². The molecule has 6 rings (SSSR count). The number of carbonyl (C=O) groups is 2. The Kier molecular flexibility index (Phi) is 6.88. The number of ketones is 1. The number of thiazole rings is 1. The quantitative estimate of drug-likeness (QED) is 0.183. The number of carbonyl (C=O) groups excluding carboxylic acids is 2. The Labute approximate surface area is 239 Å². The van der Waals surface area contributed by atoms with Gasteiger partial charge in [0.05, 0.1) is 42.7 Å². The first-order valence-electron chi connectivity index (χ1n) is 12.9. The van der Waals surface area contributed by atoms with Crippen molar-refractivity contribution in [1.82, 2.24) is 4.98 Å². The Bertz CT molecular complexity index is 1710. The largest absolute Gasteiger partial charge is 0.507 e. The van der Waals surface area contributed by atoms with Crippen LogP contribution in [0.5, 0.6) is 28.7 Å². The molecule has 1 N–H and O–H groups in total. The number of methoxy groups -OCH3 is 2. The molecule has 0 unspecified atom stereocenters. The summed E-state index contributed by atoms with van der Waals surface area (Å²) in [5, 5.41) is 11.9. The van der Waals surface area contributed by atoms with Crippen LogP contribution in [0.1, 0.15) is 24.1 Å². The summed E-state index contributed by atoms with van der Waals surface area (Å²) in [5.74, 6) is 0.525. The summed E-state index contributed by atoms with van der Waals surface area (Å²) in [6.07, 6.45) is 0. The van der Waals surface area contributed by atoms with Gasteiger partial charge < -0.3 is 28.8 Å². The van der Waals surface area contributed by atoms with Crippen LogP contribution in [0.15, 0.2) is 60.2 Å². The summed E-state index contributed by atoms with van der Waals surface area (Å²) < 4.78 is 28.6. The number of Topliss-reactive ketones (excluding diaryl/α,β-unsaturated/α-hetero) is 1. The lowest BCUT2D eigenvalue weighted by atomic mass is 9.95. The molecular weight excluding hydrogens is 548 g/mol. The highest BCUT2D eigenvalue weighted by molar-refractivity contribution is 7.22. The Morgan fingerprint density at radius 1 is 1.00 bits per heavy atom. The Morgan fingerprint density at radius 2 is 1.78 bits per heavy atom. The molecule has 4 aromatic rings. The van der Waals surface area contributed by atoms with Crippen molar-refractivity contribution in [3.63, 3.8) is 0 Å². The van der Waals surface area contributed by atoms with E-state index in [4.69, 9.17) is 23.7 Å². The Morgan fingerprint density at radius 3 is 2.54 bits per heavy atom. The third-order valence-electron chi connectivity index (χ3n) is 6.85. The molecule has 3 heterocycles. The van der Waals surface area contributed by atoms with E-state index in [-0.39, 0.29) is 11.3 Å². The minimum absolute atomic E-state index is 0.0897. The molecule has 1 amide bonds. The summed E-state index contributed by atoms with van der Waals surface area (Å²) in [6, 6.07) is 14.4. The fourth-order valence-corrected chi connectivity index (χ4v) is 5.99. The van der Waals surface area contributed by atoms with Crippen molar-refractivity contribution >= 4 is 44.1 Å². The second-order valence-corrected chi connectivity index (χ2v) is 10.2. The number of rotatable bonds is 7. The average Bonchev–Trinajstić information content (AvgIpc) is 3.53. The van der Waals surface area contributed by atoms with Gasteiger partial charge in [0.1, 0.15) is 24.7 Å². The van der Waals surface area contributed by atoms with Crippen LogP contribution in [-0.2, 0) is 9.59 Å². The molecule has 1 atom stereocenters. The van der Waals surface area contributed by atoms with Gasteiger partial charge in [-0.05, 0) is 61.0 Å². The first kappa shape index (κ1) is 26.5. The fraction of sp³-hybridized carbons (Fsp3) is 0.233. The number of amides is 1. The van der Waals surface area contributed by atoms with E-state index < -0.39 is 17.7 Å². The van der Waals surface area contributed by atoms with Crippen LogP contribution in [0.4, 0.5) is 5.13 Å². The van der Waals surface area contributed by atoms with Crippen molar-refractivity contribution in [3.05, 3.63) is 71.3 Å². The highest BCUT2D eigenvalue weighted by Crippen LogP contribution is 2.46. The topological polar surface area (TPSA) is 117 Å². The number of aromatic nitrogens is 1. The summed E-state index contributed by atoms with van der Waals surface area (Å²) in [4.78, 5) is 33.3. The number of ether oxygens (including phenoxy) is 5. The van der Waals surface area contributed by atoms with Crippen molar-refractivity contribution in [2.45, 2.75) is 13.0 Å². The molecule has 0 saturated carbocycles. The SMILES string of the molecule is CCOc1ccc2nc(N3C(=O)C(=O)C(=C(O)c4ccc5c(c4)OCCO5)[C@H]3c3ccc(OC)c(OC)c3)sc2c1. The first-order chi connectivity index (χ1) is 19.9. The molecule has 41 heavy (non-hydrogen) atoms. The molecular formula is C30H26N2O8S. The number of fused-ring (bicyclic) bond motifs is 2. The highest BCUT2D eigenvalue weighted by atomic mass is 32.1. The molecule has 2 aliphatic rings. The normalized spacial score (nSPS) is 17.6. The maximum atomic E-state index is 13.7. The van der Waals surface area contributed by atoms with Crippen LogP contribution in [-0.4, -0.2) is 55.8 Å². The van der Waals surface area contributed by atoms with Gasteiger partial charge in [0.15, 0.2) is 28.1 Å². The molecule has 3 aromatic carbocycles. The van der Waals surface area contributed by atoms with Crippen LogP contribution >= 0.6 is 11.3 Å². The maximum absolute atomic E-state index is 13.7. The van der Waals surface area contributed by atoms with Crippen molar-refractivity contribution < 1.29 is 38.4 Å². The van der Waals surface area contributed by atoms with Gasteiger partial charge in [-0.25, -0.2) is 4.98 Å². The minimum Gasteiger partial charge on any atom is -0.507 e. The zero-order valence-corrected chi connectivity index (χ0v) is 23.3. The molecule has 0 radical (unpaired) electrons. The van der Waals surface area contributed by atoms with Crippen molar-refractivity contribution in [2.24, 2.45) is 0 Å². The summed E-state index contributed by atoms with van der Waals surface area (Å²) in [6.45, 7) is 3.17. The number of aliphatic hydroxyl groups excluding tert-OH is 1. The molecule has 0 bridgehead atoms. The van der Waals surface area contributed by atoms with E-state index in [0.29, 0.717) is 70.3 Å². The minimum atomic E-state index is -1.00. The number of benzene rings is 3. The zero-order chi connectivity index (χ0) is 28.7. The van der Waals surface area contributed by atoms with E-state index >= 15 is 0 Å². The van der Waals surface area contributed by atoms with Gasteiger partial charge >= 0.3 is 5.91 Å². The lowest BCUT2D eigenvalue weighted by molar-refractivity contribution is -0.132. The van der Waals surface area contributed by atoms with Crippen molar-refractivity contribution in [3.8, 4) is 28.7 Å². The van der Waals surface area contributed by atoms with Crippen LogP contribution in [0.2, 0.25) is 0 Å². The van der Waals surface area contributed by atoms with E-state index in [1.165, 1.54) is 30.5 Å². The molecule has 11 heteroatoms. The number of hydrogen-bond donors (Lipinski definition) is 1. The number of hydrogen-bond acceptors (Lipinski definition) is 10. The summed E-state index contributed by atoms with van der Waals surface area (Å²) in [7, 11) is 3.01. The average molecular weight is 575 g/mol. The van der Waals surface area contributed by atoms with E-state index in [1.54, 1.807) is 48.5 Å². The molecule has 1 fully saturated rings. The van der Waals surface area contributed by atoms with Crippen molar-refractivity contribution in [2.75, 3.05) is 38.9 Å². The Balaban J connectivity index is 1.53. The zero-order valence-electron chi connectivity index (χ0n) is 22.5. The van der Waals surface area contributed by atoms with Crippen LogP contribution in [0.3, 0.4) is 0 Å². The molecule has 210 valence electrons. The summed E-state index contributed by atoms with van der Waals surface area (Å²) >= 11 is 1.25. The van der Waals surface area contributed by atoms with Gasteiger partial charge in [-0.3, -0.25) is 14.5 Å². The monoisotopic (exact) mass is 574 g/mol. The second-order valence-electron chi connectivity index (χ2n) is 9.20. The molecule has 1 aromatic heterocycles. The lowest BCUT2D eigenvalue weighted by Crippen LogP contribution is -2.29. The second kappa shape index (κ2) is 10.7. The Hall–Kier alpha value is -4.77. The van der Waals surface area contributed by atoms with E-state index in [0.717, 1.165) is 4.70 Å². The van der Waals surface area contributed by atoms with E-state index in [2.05, 4.69) is 4.98 Å². The maximum Gasteiger partial charge on any atom is 0.301 e. The lowest BCUT2D eigenvalue weighted by Gasteiger charge is -2.24. The molecule has 2 aliphatic heterocycles. The molecule has 0 spiro atoms. The van der Waals surface area contributed by atoms with Gasteiger partial charge in [0, 0.05) is 5.56 Å². The van der Waals surface area contributed by atoms with E-state index in [1.807, 2.05) is 13.0 Å². The van der Waals surface area contributed by atoms with Gasteiger partial charge in [0.25, 0.3) is 5.78 Å². The number of nitrogens with zero attached hydrogens (tertiary/aromatic N) is 2. The number of aliphatic hydroxyl groups is 1.